The molecular formula is C51H64BrCl3N2O2. The van der Waals surface area contributed by atoms with Gasteiger partial charge in [0.15, 0.2) is 4.30 Å². The molecule has 5 aliphatic rings. The molecule has 1 saturated carbocycles. The molecule has 8 heteroatoms. The van der Waals surface area contributed by atoms with Crippen molar-refractivity contribution in [3.05, 3.63) is 168 Å². The van der Waals surface area contributed by atoms with Gasteiger partial charge in [-0.05, 0) is 92.9 Å². The average Bonchev–Trinajstić information content (AvgIpc) is 3.82. The van der Waals surface area contributed by atoms with E-state index in [4.69, 9.17) is 44.3 Å². The molecule has 0 radical (unpaired) electrons. The molecule has 2 aliphatic heterocycles. The molecule has 0 bridgehead atoms. The number of nitrogens with zero attached hydrogens (tertiary/aromatic N) is 2. The van der Waals surface area contributed by atoms with Crippen LogP contribution >= 0.6 is 50.7 Å². The minimum Gasteiger partial charge on any atom is -0.381 e. The van der Waals surface area contributed by atoms with Crippen molar-refractivity contribution in [3.63, 3.8) is 0 Å². The molecule has 0 N–H and O–H groups in total. The van der Waals surface area contributed by atoms with Crippen molar-refractivity contribution in [1.29, 1.82) is 0 Å². The summed E-state index contributed by atoms with van der Waals surface area (Å²) in [6, 6.07) is 44.4. The Balaban J connectivity index is 0.000000164. The summed E-state index contributed by atoms with van der Waals surface area (Å²) in [7, 11) is 0. The fourth-order valence-corrected chi connectivity index (χ4v) is 8.58. The summed E-state index contributed by atoms with van der Waals surface area (Å²) >= 11 is 17.9. The minimum absolute atomic E-state index is 0.473. The van der Waals surface area contributed by atoms with Crippen molar-refractivity contribution < 1.29 is 9.47 Å². The highest BCUT2D eigenvalue weighted by atomic mass is 79.9. The number of alkyl halides is 4. The average molecular weight is 923 g/mol. The van der Waals surface area contributed by atoms with Crippen LogP contribution in [0.25, 0.3) is 0 Å². The smallest absolute Gasteiger partial charge is 0.180 e. The number of epoxide rings is 1. The number of allylic oxidation sites excluding steroid dienone is 3. The zero-order chi connectivity index (χ0) is 41.3. The Morgan fingerprint density at radius 1 is 0.525 bits per heavy atom. The van der Waals surface area contributed by atoms with E-state index in [9.17, 15) is 0 Å². The molecule has 5 atom stereocenters. The van der Waals surface area contributed by atoms with Gasteiger partial charge in [0.1, 0.15) is 0 Å². The molecule has 2 saturated heterocycles. The molecule has 2 heterocycles. The normalized spacial score (nSPS) is 22.7. The molecule has 4 aromatic rings. The largest absolute Gasteiger partial charge is 0.381 e. The summed E-state index contributed by atoms with van der Waals surface area (Å²) in [4.78, 5) is 5.88. The molecule has 0 aromatic heterocycles. The van der Waals surface area contributed by atoms with Gasteiger partial charge < -0.3 is 9.47 Å². The van der Waals surface area contributed by atoms with E-state index < -0.39 is 4.30 Å². The van der Waals surface area contributed by atoms with Gasteiger partial charge in [0.2, 0.25) is 0 Å². The van der Waals surface area contributed by atoms with Crippen molar-refractivity contribution in [1.82, 2.24) is 9.80 Å². The first kappa shape index (κ1) is 47.6. The van der Waals surface area contributed by atoms with E-state index in [0.29, 0.717) is 29.1 Å². The first-order valence-corrected chi connectivity index (χ1v) is 23.9. The number of fused-ring (bicyclic) bond motifs is 1. The Kier molecular flexibility index (Phi) is 22.8. The quantitative estimate of drug-likeness (QED) is 0.0900. The molecule has 318 valence electrons. The lowest BCUT2D eigenvalue weighted by Crippen LogP contribution is -2.40. The van der Waals surface area contributed by atoms with Crippen molar-refractivity contribution >= 4 is 50.7 Å². The van der Waals surface area contributed by atoms with Crippen molar-refractivity contribution in [2.75, 3.05) is 13.2 Å². The number of rotatable bonds is 10. The molecule has 2 unspecified atom stereocenters. The van der Waals surface area contributed by atoms with Crippen LogP contribution in [-0.2, 0) is 35.7 Å². The highest BCUT2D eigenvalue weighted by molar-refractivity contribution is 9.09. The molecular weight excluding hydrogens is 859 g/mol. The van der Waals surface area contributed by atoms with E-state index in [1.807, 2.05) is 0 Å². The lowest BCUT2D eigenvalue weighted by molar-refractivity contribution is 0.135. The lowest BCUT2D eigenvalue weighted by atomic mass is 9.93. The summed E-state index contributed by atoms with van der Waals surface area (Å²) in [5.74, 6) is 0. The van der Waals surface area contributed by atoms with Crippen LogP contribution in [0.5, 0.6) is 0 Å². The summed E-state index contributed by atoms with van der Waals surface area (Å²) in [5.41, 5.74) is 5.57. The summed E-state index contributed by atoms with van der Waals surface area (Å²) < 4.78 is 10.1. The first-order valence-electron chi connectivity index (χ1n) is 21.7. The van der Waals surface area contributed by atoms with Gasteiger partial charge in [-0.25, -0.2) is 0 Å². The predicted octanol–water partition coefficient (Wildman–Crippen LogP) is 14.1. The summed E-state index contributed by atoms with van der Waals surface area (Å²) in [5, 5.41) is 0. The molecule has 0 amide bonds. The van der Waals surface area contributed by atoms with Crippen LogP contribution in [-0.4, -0.2) is 56.4 Å². The number of hydrogen-bond acceptors (Lipinski definition) is 4. The van der Waals surface area contributed by atoms with Gasteiger partial charge in [-0.1, -0.05) is 196 Å². The fourth-order valence-electron chi connectivity index (χ4n) is 8.04. The van der Waals surface area contributed by atoms with Crippen LogP contribution in [0.4, 0.5) is 0 Å². The highest BCUT2D eigenvalue weighted by Gasteiger charge is 2.49. The van der Waals surface area contributed by atoms with Crippen LogP contribution in [0.3, 0.4) is 0 Å². The first-order chi connectivity index (χ1) is 28.9. The summed E-state index contributed by atoms with van der Waals surface area (Å²) in [6.07, 6.45) is 24.4. The molecule has 4 nitrogen and oxygen atoms in total. The van der Waals surface area contributed by atoms with Crippen LogP contribution in [0.15, 0.2) is 146 Å². The Morgan fingerprint density at radius 2 is 0.966 bits per heavy atom. The molecule has 4 aromatic carbocycles. The zero-order valence-corrected chi connectivity index (χ0v) is 38.4. The number of halogens is 4. The molecule has 59 heavy (non-hydrogen) atoms. The van der Waals surface area contributed by atoms with Crippen LogP contribution < -0.4 is 0 Å². The second kappa shape index (κ2) is 28.2. The van der Waals surface area contributed by atoms with E-state index in [1.165, 1.54) is 92.9 Å². The maximum Gasteiger partial charge on any atom is 0.180 e. The van der Waals surface area contributed by atoms with Crippen LogP contribution in [0.1, 0.15) is 92.9 Å². The molecule has 9 rings (SSSR count). The number of hydrogen-bond donors (Lipinski definition) is 0. The van der Waals surface area contributed by atoms with E-state index in [-0.39, 0.29) is 0 Å². The fraction of sp³-hybridized carbons (Fsp3) is 0.451. The Labute approximate surface area is 379 Å². The third kappa shape index (κ3) is 19.4. The standard InChI is InChI=1S/C20H23NO.C20H23N.C6H9Br.C4H8O.CHCl3/c1-3-8-16(9-4-1)14-21(15-17-10-5-2-6-11-17)18-12-7-13-19-20(18)22-19;1-4-10-18(11-5-1)16-21(20-14-8-3-9-15-20)17-19-12-6-2-7-13-19;7-6-4-2-1-3-5-6;1-2-4-5-3-1;2-1(3)4/h1-6,8-11,18-20H,7,12-15H2;1-2,4-8,10-14,20H,3,9,15-17H2;2,4,6H,1,3,5H2;1-4H2;1H/t18-,19+,20-;;;;/m1..../s1. The van der Waals surface area contributed by atoms with Gasteiger partial charge in [-0.2, -0.15) is 0 Å². The van der Waals surface area contributed by atoms with Gasteiger partial charge in [0.25, 0.3) is 0 Å². The van der Waals surface area contributed by atoms with Gasteiger partial charge in [0, 0.05) is 56.3 Å². The topological polar surface area (TPSA) is 28.2 Å². The van der Waals surface area contributed by atoms with Gasteiger partial charge in [-0.15, -0.1) is 0 Å². The second-order valence-electron chi connectivity index (χ2n) is 15.8. The molecule has 3 fully saturated rings. The Morgan fingerprint density at radius 3 is 1.32 bits per heavy atom. The van der Waals surface area contributed by atoms with Crippen molar-refractivity contribution in [2.24, 2.45) is 0 Å². The lowest BCUT2D eigenvalue weighted by Gasteiger charge is -2.33. The van der Waals surface area contributed by atoms with Crippen molar-refractivity contribution in [2.45, 2.75) is 130 Å². The van der Waals surface area contributed by atoms with E-state index in [2.05, 4.69) is 171 Å². The third-order valence-electron chi connectivity index (χ3n) is 11.1. The van der Waals surface area contributed by atoms with Crippen molar-refractivity contribution in [3.8, 4) is 0 Å². The maximum absolute atomic E-state index is 5.91. The van der Waals surface area contributed by atoms with Gasteiger partial charge in [-0.3, -0.25) is 9.80 Å². The van der Waals surface area contributed by atoms with Crippen LogP contribution in [0, 0.1) is 0 Å². The van der Waals surface area contributed by atoms with E-state index in [0.717, 1.165) is 39.4 Å². The molecule has 0 spiro atoms. The third-order valence-corrected chi connectivity index (χ3v) is 11.9. The number of ether oxygens (including phenoxy) is 2. The van der Waals surface area contributed by atoms with Gasteiger partial charge in [0.05, 0.1) is 12.2 Å². The highest BCUT2D eigenvalue weighted by Crippen LogP contribution is 2.40. The number of benzene rings is 4. The minimum atomic E-state index is -0.750. The SMILES string of the molecule is BrC1C=CCCC1.C1=CC(N(Cc2ccccc2)Cc2ccccc2)CCC1.C1CCOC1.ClC(Cl)Cl.c1ccc(CN(Cc2ccccc2)[C@@H]2CCC[C@@H]3O[C@@H]32)cc1. The zero-order valence-electron chi connectivity index (χ0n) is 34.6. The Hall–Kier alpha value is -2.45. The van der Waals surface area contributed by atoms with E-state index >= 15 is 0 Å². The van der Waals surface area contributed by atoms with E-state index in [1.54, 1.807) is 0 Å². The predicted molar refractivity (Wildman–Crippen MR) is 254 cm³/mol. The Bertz CT molecular complexity index is 1620. The van der Waals surface area contributed by atoms with Gasteiger partial charge >= 0.3 is 0 Å². The molecule has 3 aliphatic carbocycles. The second-order valence-corrected chi connectivity index (χ2v) is 18.9. The summed E-state index contributed by atoms with van der Waals surface area (Å²) in [6.45, 7) is 6.05. The van der Waals surface area contributed by atoms with Crippen LogP contribution in [0.2, 0.25) is 0 Å². The monoisotopic (exact) mass is 920 g/mol. The maximum atomic E-state index is 5.91.